The first kappa shape index (κ1) is 19.8. The summed E-state index contributed by atoms with van der Waals surface area (Å²) in [5.41, 5.74) is 1.94. The minimum atomic E-state index is -0.685. The Morgan fingerprint density at radius 3 is 2.66 bits per heavy atom. The van der Waals surface area contributed by atoms with E-state index in [9.17, 15) is 14.9 Å². The number of carbonyl (C=O) groups is 2. The molecule has 3 rings (SSSR count). The number of esters is 1. The van der Waals surface area contributed by atoms with Gasteiger partial charge in [-0.1, -0.05) is 0 Å². The van der Waals surface area contributed by atoms with Crippen molar-refractivity contribution in [3.63, 3.8) is 0 Å². The molecular formula is C21H19N3O5. The second-order valence-electron chi connectivity index (χ2n) is 6.22. The van der Waals surface area contributed by atoms with E-state index in [1.165, 1.54) is 18.4 Å². The summed E-state index contributed by atoms with van der Waals surface area (Å²) in [6, 6.07) is 9.05. The first-order valence-electron chi connectivity index (χ1n) is 8.80. The number of nitrogens with one attached hydrogen (secondary N) is 1. The molecule has 3 heterocycles. The molecule has 0 bridgehead atoms. The molecular weight excluding hydrogens is 374 g/mol. The van der Waals surface area contributed by atoms with Gasteiger partial charge in [-0.05, 0) is 49.8 Å². The molecule has 8 heteroatoms. The number of nitrogens with zero attached hydrogens (tertiary/aromatic N) is 2. The first-order valence-corrected chi connectivity index (χ1v) is 8.80. The number of hydrogen-bond acceptors (Lipinski definition) is 6. The lowest BCUT2D eigenvalue weighted by Gasteiger charge is -2.12. The van der Waals surface area contributed by atoms with Gasteiger partial charge in [0.25, 0.3) is 5.91 Å². The Morgan fingerprint density at radius 1 is 1.24 bits per heavy atom. The van der Waals surface area contributed by atoms with Crippen molar-refractivity contribution in [2.75, 3.05) is 11.9 Å². The van der Waals surface area contributed by atoms with Crippen LogP contribution in [0.4, 0.5) is 5.82 Å². The summed E-state index contributed by atoms with van der Waals surface area (Å²) in [7, 11) is 0. The summed E-state index contributed by atoms with van der Waals surface area (Å²) < 4.78 is 17.2. The van der Waals surface area contributed by atoms with Gasteiger partial charge in [-0.2, -0.15) is 5.26 Å². The Morgan fingerprint density at radius 2 is 2.00 bits per heavy atom. The predicted molar refractivity (Wildman–Crippen MR) is 104 cm³/mol. The molecule has 0 aliphatic carbocycles. The average molecular weight is 393 g/mol. The Labute approximate surface area is 167 Å². The van der Waals surface area contributed by atoms with Crippen LogP contribution in [-0.2, 0) is 20.9 Å². The summed E-state index contributed by atoms with van der Waals surface area (Å²) in [6.45, 7) is 3.52. The van der Waals surface area contributed by atoms with E-state index in [-0.39, 0.29) is 0 Å². The molecule has 0 radical (unpaired) electrons. The Balaban J connectivity index is 1.68. The number of anilines is 1. The van der Waals surface area contributed by atoms with Crippen LogP contribution in [0.15, 0.2) is 51.7 Å². The van der Waals surface area contributed by atoms with E-state index < -0.39 is 18.5 Å². The molecule has 0 spiro atoms. The lowest BCUT2D eigenvalue weighted by molar-refractivity contribution is -0.142. The maximum atomic E-state index is 12.3. The van der Waals surface area contributed by atoms with Crippen molar-refractivity contribution in [2.24, 2.45) is 0 Å². The molecule has 0 aliphatic rings. The number of hydrogen-bond donors (Lipinski definition) is 1. The first-order chi connectivity index (χ1) is 14.0. The van der Waals surface area contributed by atoms with Crippen LogP contribution >= 0.6 is 0 Å². The van der Waals surface area contributed by atoms with Gasteiger partial charge < -0.3 is 23.5 Å². The lowest BCUT2D eigenvalue weighted by atomic mass is 10.2. The second kappa shape index (κ2) is 8.80. The third kappa shape index (κ3) is 4.65. The quantitative estimate of drug-likeness (QED) is 0.486. The highest BCUT2D eigenvalue weighted by Gasteiger charge is 2.20. The summed E-state index contributed by atoms with van der Waals surface area (Å²) >= 11 is 0. The van der Waals surface area contributed by atoms with Gasteiger partial charge >= 0.3 is 5.97 Å². The minimum Gasteiger partial charge on any atom is -0.467 e. The fourth-order valence-electron chi connectivity index (χ4n) is 2.78. The number of carbonyl (C=O) groups excluding carboxylic acids is 2. The van der Waals surface area contributed by atoms with Crippen LogP contribution in [0.2, 0.25) is 0 Å². The van der Waals surface area contributed by atoms with Gasteiger partial charge in [0.15, 0.2) is 6.61 Å². The van der Waals surface area contributed by atoms with Gasteiger partial charge in [0.1, 0.15) is 23.4 Å². The highest BCUT2D eigenvalue weighted by atomic mass is 16.5. The van der Waals surface area contributed by atoms with Crippen molar-refractivity contribution in [2.45, 2.75) is 20.4 Å². The van der Waals surface area contributed by atoms with Crippen LogP contribution in [-0.4, -0.2) is 23.1 Å². The molecule has 3 aromatic rings. The normalized spacial score (nSPS) is 10.8. The smallest absolute Gasteiger partial charge is 0.331 e. The standard InChI is InChI=1S/C21H19N3O5/c1-14-15(2)24(12-17-6-4-10-28-17)21(18(14)11-22)23-19(25)13-29-20(26)8-7-16-5-3-9-27-16/h3-10H,12-13H2,1-2H3,(H,23,25)/b8-7+. The molecule has 0 atom stereocenters. The van der Waals surface area contributed by atoms with Crippen LogP contribution in [0.25, 0.3) is 6.08 Å². The molecule has 0 aromatic carbocycles. The van der Waals surface area contributed by atoms with Crippen molar-refractivity contribution < 1.29 is 23.2 Å². The zero-order valence-electron chi connectivity index (χ0n) is 16.0. The molecule has 1 N–H and O–H groups in total. The number of amides is 1. The van der Waals surface area contributed by atoms with Gasteiger partial charge in [-0.3, -0.25) is 4.79 Å². The molecule has 1 amide bonds. The summed E-state index contributed by atoms with van der Waals surface area (Å²) in [6.07, 6.45) is 5.64. The van der Waals surface area contributed by atoms with Crippen LogP contribution in [0.5, 0.6) is 0 Å². The maximum absolute atomic E-state index is 12.3. The molecule has 0 saturated heterocycles. The number of nitriles is 1. The Bertz CT molecular complexity index is 1070. The van der Waals surface area contributed by atoms with E-state index in [1.54, 1.807) is 35.1 Å². The van der Waals surface area contributed by atoms with Gasteiger partial charge in [-0.15, -0.1) is 0 Å². The highest BCUT2D eigenvalue weighted by molar-refractivity contribution is 5.95. The minimum absolute atomic E-state index is 0.339. The third-order valence-electron chi connectivity index (χ3n) is 4.37. The van der Waals surface area contributed by atoms with Crippen LogP contribution < -0.4 is 5.32 Å². The predicted octanol–water partition coefficient (Wildman–Crippen LogP) is 3.41. The topological polar surface area (TPSA) is 110 Å². The van der Waals surface area contributed by atoms with Gasteiger partial charge in [0.05, 0.1) is 24.6 Å². The summed E-state index contributed by atoms with van der Waals surface area (Å²) in [4.78, 5) is 24.1. The molecule has 0 fully saturated rings. The zero-order valence-corrected chi connectivity index (χ0v) is 16.0. The molecule has 0 unspecified atom stereocenters. The van der Waals surface area contributed by atoms with Gasteiger partial charge in [-0.25, -0.2) is 4.79 Å². The zero-order chi connectivity index (χ0) is 20.8. The molecule has 148 valence electrons. The van der Waals surface area contributed by atoms with E-state index in [1.807, 2.05) is 13.8 Å². The van der Waals surface area contributed by atoms with Crippen molar-refractivity contribution in [3.8, 4) is 6.07 Å². The fraction of sp³-hybridized carbons (Fsp3) is 0.190. The highest BCUT2D eigenvalue weighted by Crippen LogP contribution is 2.27. The number of rotatable bonds is 7. The number of ether oxygens (including phenoxy) is 1. The van der Waals surface area contributed by atoms with Crippen LogP contribution in [0, 0.1) is 25.2 Å². The maximum Gasteiger partial charge on any atom is 0.331 e. The van der Waals surface area contributed by atoms with E-state index in [0.29, 0.717) is 29.4 Å². The molecule has 0 aliphatic heterocycles. The van der Waals surface area contributed by atoms with Crippen LogP contribution in [0.1, 0.15) is 28.3 Å². The monoisotopic (exact) mass is 393 g/mol. The molecule has 0 saturated carbocycles. The fourth-order valence-corrected chi connectivity index (χ4v) is 2.78. The van der Waals surface area contributed by atoms with Crippen LogP contribution in [0.3, 0.4) is 0 Å². The number of furan rings is 2. The van der Waals surface area contributed by atoms with Crippen molar-refractivity contribution in [1.29, 1.82) is 5.26 Å². The summed E-state index contributed by atoms with van der Waals surface area (Å²) in [5.74, 6) is 0.269. The van der Waals surface area contributed by atoms with Crippen molar-refractivity contribution in [3.05, 3.63) is 71.2 Å². The largest absolute Gasteiger partial charge is 0.467 e. The Hall–Kier alpha value is -3.99. The third-order valence-corrected chi connectivity index (χ3v) is 4.37. The van der Waals surface area contributed by atoms with Crippen molar-refractivity contribution in [1.82, 2.24) is 4.57 Å². The second-order valence-corrected chi connectivity index (χ2v) is 6.22. The van der Waals surface area contributed by atoms with E-state index in [2.05, 4.69) is 11.4 Å². The van der Waals surface area contributed by atoms with Crippen molar-refractivity contribution >= 4 is 23.8 Å². The molecule has 29 heavy (non-hydrogen) atoms. The SMILES string of the molecule is Cc1c(C#N)c(NC(=O)COC(=O)/C=C/c2ccco2)n(Cc2ccco2)c1C. The van der Waals surface area contributed by atoms with E-state index in [4.69, 9.17) is 13.6 Å². The average Bonchev–Trinajstić information content (AvgIpc) is 3.45. The summed E-state index contributed by atoms with van der Waals surface area (Å²) in [5, 5.41) is 12.2. The number of aromatic nitrogens is 1. The van der Waals surface area contributed by atoms with Gasteiger partial charge in [0, 0.05) is 11.8 Å². The van der Waals surface area contributed by atoms with Gasteiger partial charge in [0.2, 0.25) is 0 Å². The molecule has 8 nitrogen and oxygen atoms in total. The Kier molecular flexibility index (Phi) is 6.00. The lowest BCUT2D eigenvalue weighted by Crippen LogP contribution is -2.22. The van der Waals surface area contributed by atoms with E-state index in [0.717, 1.165) is 11.3 Å². The van der Waals surface area contributed by atoms with E-state index >= 15 is 0 Å². The molecule has 3 aromatic heterocycles.